The fourth-order valence-electron chi connectivity index (χ4n) is 2.14. The quantitative estimate of drug-likeness (QED) is 0.690. The van der Waals surface area contributed by atoms with E-state index in [2.05, 4.69) is 13.8 Å². The minimum atomic E-state index is -0.0133. The highest BCUT2D eigenvalue weighted by Crippen LogP contribution is 2.31. The van der Waals surface area contributed by atoms with Crippen molar-refractivity contribution in [3.63, 3.8) is 0 Å². The molecule has 0 heterocycles. The number of aliphatic hydroxyl groups excluding tert-OH is 1. The van der Waals surface area contributed by atoms with Gasteiger partial charge in [0.15, 0.2) is 0 Å². The maximum Gasteiger partial charge on any atom is 0.0568 e. The van der Waals surface area contributed by atoms with Crippen molar-refractivity contribution in [2.45, 2.75) is 58.5 Å². The summed E-state index contributed by atoms with van der Waals surface area (Å²) in [5.41, 5.74) is 0. The van der Waals surface area contributed by atoms with E-state index >= 15 is 0 Å². The predicted molar refractivity (Wildman–Crippen MR) is 52.0 cm³/mol. The van der Waals surface area contributed by atoms with E-state index < -0.39 is 0 Å². The van der Waals surface area contributed by atoms with Crippen LogP contribution in [-0.4, -0.2) is 11.2 Å². The Bertz CT molecular complexity index is 120. The maximum absolute atomic E-state index is 9.65. The van der Waals surface area contributed by atoms with Crippen molar-refractivity contribution in [1.82, 2.24) is 0 Å². The van der Waals surface area contributed by atoms with E-state index in [1.54, 1.807) is 0 Å². The Balaban J connectivity index is 2.21. The molecule has 0 spiro atoms. The van der Waals surface area contributed by atoms with Gasteiger partial charge in [0, 0.05) is 0 Å². The molecule has 0 radical (unpaired) electrons. The zero-order valence-corrected chi connectivity index (χ0v) is 8.42. The summed E-state index contributed by atoms with van der Waals surface area (Å²) in [4.78, 5) is 0. The smallest absolute Gasteiger partial charge is 0.0568 e. The molecule has 1 aliphatic rings. The first-order valence-corrected chi connectivity index (χ1v) is 5.42. The molecule has 1 saturated carbocycles. The topological polar surface area (TPSA) is 20.2 Å². The Morgan fingerprint density at radius 1 is 1.33 bits per heavy atom. The lowest BCUT2D eigenvalue weighted by Crippen LogP contribution is -2.27. The van der Waals surface area contributed by atoms with Crippen LogP contribution >= 0.6 is 0 Å². The van der Waals surface area contributed by atoms with Crippen molar-refractivity contribution in [2.24, 2.45) is 11.8 Å². The van der Waals surface area contributed by atoms with Crippen LogP contribution in [0.15, 0.2) is 0 Å². The van der Waals surface area contributed by atoms with Crippen LogP contribution in [0.1, 0.15) is 52.4 Å². The molecule has 0 saturated heterocycles. The van der Waals surface area contributed by atoms with Crippen molar-refractivity contribution >= 4 is 0 Å². The standard InChI is InChI=1S/C11H22O/c1-3-4-5-10-7-6-9(2)11(12)8-10/h9-12H,3-8H2,1-2H3. The highest BCUT2D eigenvalue weighted by Gasteiger charge is 2.25. The average molecular weight is 170 g/mol. The van der Waals surface area contributed by atoms with Crippen LogP contribution in [-0.2, 0) is 0 Å². The fraction of sp³-hybridized carbons (Fsp3) is 1.00. The van der Waals surface area contributed by atoms with Crippen LogP contribution in [0.2, 0.25) is 0 Å². The van der Waals surface area contributed by atoms with Crippen LogP contribution < -0.4 is 0 Å². The Kier molecular flexibility index (Phi) is 4.07. The molecule has 1 fully saturated rings. The molecule has 1 aliphatic carbocycles. The van der Waals surface area contributed by atoms with Gasteiger partial charge in [-0.2, -0.15) is 0 Å². The average Bonchev–Trinajstić information content (AvgIpc) is 2.07. The van der Waals surface area contributed by atoms with Crippen molar-refractivity contribution in [3.8, 4) is 0 Å². The monoisotopic (exact) mass is 170 g/mol. The lowest BCUT2D eigenvalue weighted by molar-refractivity contribution is 0.0506. The van der Waals surface area contributed by atoms with E-state index in [4.69, 9.17) is 0 Å². The van der Waals surface area contributed by atoms with Crippen LogP contribution in [0.25, 0.3) is 0 Å². The molecule has 72 valence electrons. The van der Waals surface area contributed by atoms with Crippen LogP contribution in [0, 0.1) is 11.8 Å². The summed E-state index contributed by atoms with van der Waals surface area (Å²) in [5.74, 6) is 1.36. The van der Waals surface area contributed by atoms with E-state index in [-0.39, 0.29) is 6.10 Å². The third kappa shape index (κ3) is 2.78. The first kappa shape index (κ1) is 10.0. The molecule has 12 heavy (non-hydrogen) atoms. The maximum atomic E-state index is 9.65. The summed E-state index contributed by atoms with van der Waals surface area (Å²) in [7, 11) is 0. The second kappa shape index (κ2) is 4.86. The summed E-state index contributed by atoms with van der Waals surface area (Å²) in [6.07, 6.45) is 7.59. The van der Waals surface area contributed by atoms with E-state index in [1.165, 1.54) is 32.1 Å². The van der Waals surface area contributed by atoms with E-state index in [9.17, 15) is 5.11 Å². The van der Waals surface area contributed by atoms with Gasteiger partial charge in [-0.3, -0.25) is 0 Å². The fourth-order valence-corrected chi connectivity index (χ4v) is 2.14. The molecule has 0 bridgehead atoms. The molecule has 0 aliphatic heterocycles. The minimum absolute atomic E-state index is 0.0133. The molecule has 1 nitrogen and oxygen atoms in total. The van der Waals surface area contributed by atoms with Gasteiger partial charge in [-0.15, -0.1) is 0 Å². The second-order valence-corrected chi connectivity index (χ2v) is 4.37. The van der Waals surface area contributed by atoms with Crippen molar-refractivity contribution in [1.29, 1.82) is 0 Å². The minimum Gasteiger partial charge on any atom is -0.393 e. The first-order chi connectivity index (χ1) is 5.74. The van der Waals surface area contributed by atoms with Gasteiger partial charge in [-0.1, -0.05) is 39.5 Å². The molecule has 0 aromatic heterocycles. The second-order valence-electron chi connectivity index (χ2n) is 4.37. The normalized spacial score (nSPS) is 36.8. The van der Waals surface area contributed by atoms with Crippen molar-refractivity contribution in [3.05, 3.63) is 0 Å². The third-order valence-electron chi connectivity index (χ3n) is 3.23. The van der Waals surface area contributed by atoms with Crippen LogP contribution in [0.5, 0.6) is 0 Å². The molecule has 1 N–H and O–H groups in total. The molecule has 3 unspecified atom stereocenters. The molecule has 1 rings (SSSR count). The first-order valence-electron chi connectivity index (χ1n) is 5.42. The SMILES string of the molecule is CCCCC1CCC(C)C(O)C1. The third-order valence-corrected chi connectivity index (χ3v) is 3.23. The number of aliphatic hydroxyl groups is 1. The Morgan fingerprint density at radius 2 is 2.08 bits per heavy atom. The lowest BCUT2D eigenvalue weighted by Gasteiger charge is -2.30. The molecule has 3 atom stereocenters. The van der Waals surface area contributed by atoms with Crippen molar-refractivity contribution in [2.75, 3.05) is 0 Å². The molecular weight excluding hydrogens is 148 g/mol. The van der Waals surface area contributed by atoms with Crippen LogP contribution in [0.4, 0.5) is 0 Å². The zero-order valence-electron chi connectivity index (χ0n) is 8.42. The summed E-state index contributed by atoms with van der Waals surface area (Å²) < 4.78 is 0. The molecule has 0 amide bonds. The van der Waals surface area contributed by atoms with Gasteiger partial charge >= 0.3 is 0 Å². The van der Waals surface area contributed by atoms with Gasteiger partial charge in [-0.05, 0) is 24.7 Å². The summed E-state index contributed by atoms with van der Waals surface area (Å²) in [5, 5.41) is 9.65. The summed E-state index contributed by atoms with van der Waals surface area (Å²) >= 11 is 0. The van der Waals surface area contributed by atoms with Gasteiger partial charge in [0.25, 0.3) is 0 Å². The van der Waals surface area contributed by atoms with Crippen molar-refractivity contribution < 1.29 is 5.11 Å². The van der Waals surface area contributed by atoms with E-state index in [0.717, 1.165) is 12.3 Å². The van der Waals surface area contributed by atoms with Gasteiger partial charge in [0.2, 0.25) is 0 Å². The summed E-state index contributed by atoms with van der Waals surface area (Å²) in [6.45, 7) is 4.41. The Hall–Kier alpha value is -0.0400. The van der Waals surface area contributed by atoms with Gasteiger partial charge in [-0.25, -0.2) is 0 Å². The Morgan fingerprint density at radius 3 is 2.67 bits per heavy atom. The molecule has 0 aromatic rings. The van der Waals surface area contributed by atoms with Gasteiger partial charge in [0.05, 0.1) is 6.10 Å². The van der Waals surface area contributed by atoms with Gasteiger partial charge < -0.3 is 5.11 Å². The zero-order chi connectivity index (χ0) is 8.97. The molecule has 1 heteroatoms. The van der Waals surface area contributed by atoms with Gasteiger partial charge in [0.1, 0.15) is 0 Å². The van der Waals surface area contributed by atoms with E-state index in [1.807, 2.05) is 0 Å². The largest absolute Gasteiger partial charge is 0.393 e. The predicted octanol–water partition coefficient (Wildman–Crippen LogP) is 2.97. The number of hydrogen-bond acceptors (Lipinski definition) is 1. The van der Waals surface area contributed by atoms with Crippen LogP contribution in [0.3, 0.4) is 0 Å². The molecule has 0 aromatic carbocycles. The highest BCUT2D eigenvalue weighted by atomic mass is 16.3. The highest BCUT2D eigenvalue weighted by molar-refractivity contribution is 4.76. The summed E-state index contributed by atoms with van der Waals surface area (Å²) in [6, 6.07) is 0. The van der Waals surface area contributed by atoms with E-state index in [0.29, 0.717) is 5.92 Å². The molecular formula is C11H22O. The number of unbranched alkanes of at least 4 members (excludes halogenated alkanes) is 1. The number of hydrogen-bond donors (Lipinski definition) is 1. The lowest BCUT2D eigenvalue weighted by atomic mass is 9.79. The number of rotatable bonds is 3. The Labute approximate surface area is 76.2 Å².